The number of hydrogen-bond donors (Lipinski definition) is 3. The molecular weight excluding hydrogens is 446 g/mol. The third-order valence-electron chi connectivity index (χ3n) is 5.24. The van der Waals surface area contributed by atoms with Crippen molar-refractivity contribution >= 4 is 40.3 Å². The Morgan fingerprint density at radius 2 is 1.82 bits per heavy atom. The zero-order valence-corrected chi connectivity index (χ0v) is 19.5. The monoisotopic (exact) mass is 471 g/mol. The van der Waals surface area contributed by atoms with Gasteiger partial charge in [-0.2, -0.15) is 0 Å². The molecule has 0 bridgehead atoms. The number of carbonyl (C=O) groups excluding carboxylic acids is 1. The number of benzene rings is 3. The molecular formula is C27H25N3O3S. The molecule has 0 radical (unpaired) electrons. The van der Waals surface area contributed by atoms with Crippen molar-refractivity contribution in [3.63, 3.8) is 0 Å². The van der Waals surface area contributed by atoms with E-state index >= 15 is 0 Å². The van der Waals surface area contributed by atoms with Crippen LogP contribution in [-0.4, -0.2) is 35.5 Å². The third kappa shape index (κ3) is 6.15. The number of anilines is 1. The summed E-state index contributed by atoms with van der Waals surface area (Å²) < 4.78 is 6.05. The number of amides is 1. The summed E-state index contributed by atoms with van der Waals surface area (Å²) in [7, 11) is 0. The lowest BCUT2D eigenvalue weighted by Gasteiger charge is -2.13. The van der Waals surface area contributed by atoms with Crippen LogP contribution in [0.5, 0.6) is 5.75 Å². The smallest absolute Gasteiger partial charge is 0.274 e. The number of pyridine rings is 1. The first-order valence-electron chi connectivity index (χ1n) is 10.7. The molecule has 0 unspecified atom stereocenters. The second-order valence-corrected chi connectivity index (χ2v) is 8.48. The van der Waals surface area contributed by atoms with Gasteiger partial charge >= 0.3 is 0 Å². The number of nitrogens with one attached hydrogen (secondary N) is 2. The van der Waals surface area contributed by atoms with Crippen LogP contribution in [0.2, 0.25) is 0 Å². The van der Waals surface area contributed by atoms with E-state index in [0.29, 0.717) is 18.7 Å². The van der Waals surface area contributed by atoms with E-state index < -0.39 is 5.91 Å². The highest BCUT2D eigenvalue weighted by Crippen LogP contribution is 2.21. The van der Waals surface area contributed by atoms with Gasteiger partial charge in [0.2, 0.25) is 0 Å². The van der Waals surface area contributed by atoms with Gasteiger partial charge in [-0.1, -0.05) is 36.4 Å². The van der Waals surface area contributed by atoms with Crippen LogP contribution in [0.25, 0.3) is 17.0 Å². The predicted molar refractivity (Wildman–Crippen MR) is 138 cm³/mol. The Balaban J connectivity index is 1.51. The molecule has 1 heterocycles. The van der Waals surface area contributed by atoms with Crippen LogP contribution in [0.3, 0.4) is 0 Å². The van der Waals surface area contributed by atoms with Gasteiger partial charge in [0.05, 0.1) is 17.4 Å². The molecule has 172 valence electrons. The third-order valence-corrected chi connectivity index (χ3v) is 5.98. The summed E-state index contributed by atoms with van der Waals surface area (Å²) in [5.74, 6) is 0.254. The molecule has 0 atom stereocenters. The van der Waals surface area contributed by atoms with Gasteiger partial charge in [-0.05, 0) is 65.9 Å². The van der Waals surface area contributed by atoms with E-state index in [1.54, 1.807) is 29.4 Å². The number of nitrogens with zero attached hydrogens (tertiary/aromatic N) is 1. The maximum Gasteiger partial charge on any atom is 0.274 e. The van der Waals surface area contributed by atoms with E-state index in [4.69, 9.17) is 9.94 Å². The largest absolute Gasteiger partial charge is 0.489 e. The van der Waals surface area contributed by atoms with E-state index in [9.17, 15) is 4.79 Å². The fourth-order valence-corrected chi connectivity index (χ4v) is 3.81. The number of hydrogen-bond acceptors (Lipinski definition) is 6. The first kappa shape index (κ1) is 23.4. The quantitative estimate of drug-likeness (QED) is 0.166. The standard InChI is InChI=1S/C27H25N3O3S/c1-34-25-12-10-24(11-13-25)33-18-20(14-19-6-8-21(9-7-19)27(31)30-32)16-28-23-15-22-4-2-3-5-26(22)29-17-23/h2-15,17,28,32H,16,18H2,1H3,(H,30,31). The van der Waals surface area contributed by atoms with Gasteiger partial charge in [0, 0.05) is 22.4 Å². The van der Waals surface area contributed by atoms with Gasteiger partial charge in [0.15, 0.2) is 0 Å². The Kier molecular flexibility index (Phi) is 7.80. The highest BCUT2D eigenvalue weighted by molar-refractivity contribution is 7.98. The van der Waals surface area contributed by atoms with Gasteiger partial charge in [-0.3, -0.25) is 15.0 Å². The van der Waals surface area contributed by atoms with Crippen molar-refractivity contribution in [3.8, 4) is 5.75 Å². The zero-order valence-electron chi connectivity index (χ0n) is 18.7. The number of aromatic nitrogens is 1. The Bertz CT molecular complexity index is 1290. The Hall–Kier alpha value is -3.81. The molecule has 4 rings (SSSR count). The number of para-hydroxylation sites is 1. The van der Waals surface area contributed by atoms with Crippen molar-refractivity contribution in [3.05, 3.63) is 102 Å². The first-order valence-corrected chi connectivity index (χ1v) is 12.0. The minimum Gasteiger partial charge on any atom is -0.489 e. The summed E-state index contributed by atoms with van der Waals surface area (Å²) in [6.07, 6.45) is 5.89. The fraction of sp³-hybridized carbons (Fsp3) is 0.111. The molecule has 3 aromatic carbocycles. The highest BCUT2D eigenvalue weighted by Gasteiger charge is 2.06. The number of thioether (sulfide) groups is 1. The molecule has 0 saturated heterocycles. The highest BCUT2D eigenvalue weighted by atomic mass is 32.2. The van der Waals surface area contributed by atoms with Crippen molar-refractivity contribution < 1.29 is 14.7 Å². The molecule has 7 heteroatoms. The second kappa shape index (κ2) is 11.4. The molecule has 1 amide bonds. The van der Waals surface area contributed by atoms with E-state index in [0.717, 1.165) is 33.5 Å². The van der Waals surface area contributed by atoms with Crippen molar-refractivity contribution in [1.29, 1.82) is 0 Å². The topological polar surface area (TPSA) is 83.5 Å². The summed E-state index contributed by atoms with van der Waals surface area (Å²) >= 11 is 1.69. The van der Waals surface area contributed by atoms with Gasteiger partial charge in [-0.15, -0.1) is 11.8 Å². The van der Waals surface area contributed by atoms with Crippen LogP contribution in [-0.2, 0) is 0 Å². The van der Waals surface area contributed by atoms with Crippen LogP contribution in [0.4, 0.5) is 5.69 Å². The number of ether oxygens (including phenoxy) is 1. The minimum absolute atomic E-state index is 0.381. The van der Waals surface area contributed by atoms with Gasteiger partial charge in [0.25, 0.3) is 5.91 Å². The van der Waals surface area contributed by atoms with Gasteiger partial charge in [-0.25, -0.2) is 5.48 Å². The van der Waals surface area contributed by atoms with E-state index in [1.807, 2.05) is 79.2 Å². The van der Waals surface area contributed by atoms with Crippen molar-refractivity contribution in [2.24, 2.45) is 0 Å². The van der Waals surface area contributed by atoms with Crippen LogP contribution in [0.15, 0.2) is 95.5 Å². The lowest BCUT2D eigenvalue weighted by atomic mass is 10.1. The average molecular weight is 472 g/mol. The Morgan fingerprint density at radius 3 is 2.56 bits per heavy atom. The van der Waals surface area contributed by atoms with Gasteiger partial charge < -0.3 is 10.1 Å². The fourth-order valence-electron chi connectivity index (χ4n) is 3.41. The second-order valence-electron chi connectivity index (χ2n) is 7.60. The summed E-state index contributed by atoms with van der Waals surface area (Å²) in [4.78, 5) is 17.3. The van der Waals surface area contributed by atoms with Gasteiger partial charge in [0.1, 0.15) is 12.4 Å². The number of rotatable bonds is 9. The summed E-state index contributed by atoms with van der Waals surface area (Å²) in [5.41, 5.74) is 5.84. The number of fused-ring (bicyclic) bond motifs is 1. The summed E-state index contributed by atoms with van der Waals surface area (Å²) in [6, 6.07) is 25.1. The lowest BCUT2D eigenvalue weighted by Crippen LogP contribution is -2.18. The minimum atomic E-state index is -0.543. The molecule has 0 saturated carbocycles. The molecule has 0 fully saturated rings. The molecule has 0 aliphatic heterocycles. The van der Waals surface area contributed by atoms with E-state index in [2.05, 4.69) is 16.4 Å². The molecule has 4 aromatic rings. The van der Waals surface area contributed by atoms with Crippen molar-refractivity contribution in [2.75, 3.05) is 24.7 Å². The van der Waals surface area contributed by atoms with Crippen LogP contribution in [0, 0.1) is 0 Å². The maximum absolute atomic E-state index is 11.6. The molecule has 6 nitrogen and oxygen atoms in total. The zero-order chi connectivity index (χ0) is 23.8. The Labute approximate surface area is 202 Å². The number of carbonyl (C=O) groups is 1. The molecule has 3 N–H and O–H groups in total. The Morgan fingerprint density at radius 1 is 1.06 bits per heavy atom. The average Bonchev–Trinajstić information content (AvgIpc) is 2.90. The van der Waals surface area contributed by atoms with Crippen molar-refractivity contribution in [2.45, 2.75) is 4.90 Å². The first-order chi connectivity index (χ1) is 16.6. The summed E-state index contributed by atoms with van der Waals surface area (Å²) in [6.45, 7) is 0.952. The predicted octanol–water partition coefficient (Wildman–Crippen LogP) is 5.65. The normalized spacial score (nSPS) is 11.3. The number of hydroxylamine groups is 1. The molecule has 0 aliphatic rings. The van der Waals surface area contributed by atoms with E-state index in [-0.39, 0.29) is 0 Å². The lowest BCUT2D eigenvalue weighted by molar-refractivity contribution is 0.0706. The SMILES string of the molecule is CSc1ccc(OCC(=Cc2ccc(C(=O)NO)cc2)CNc2cnc3ccccc3c2)cc1. The van der Waals surface area contributed by atoms with Crippen LogP contribution in [0.1, 0.15) is 15.9 Å². The molecule has 0 aliphatic carbocycles. The maximum atomic E-state index is 11.6. The molecule has 1 aromatic heterocycles. The van der Waals surface area contributed by atoms with Crippen molar-refractivity contribution in [1.82, 2.24) is 10.5 Å². The van der Waals surface area contributed by atoms with Crippen LogP contribution >= 0.6 is 11.8 Å². The molecule has 0 spiro atoms. The molecule has 34 heavy (non-hydrogen) atoms. The summed E-state index contributed by atoms with van der Waals surface area (Å²) in [5, 5.41) is 13.3. The van der Waals surface area contributed by atoms with Crippen LogP contribution < -0.4 is 15.5 Å². The van der Waals surface area contributed by atoms with E-state index in [1.165, 1.54) is 4.90 Å².